The van der Waals surface area contributed by atoms with Gasteiger partial charge in [0.05, 0.1) is 24.7 Å². The Bertz CT molecular complexity index is 118. The van der Waals surface area contributed by atoms with E-state index in [0.29, 0.717) is 0 Å². The molecule has 0 spiro atoms. The first-order chi connectivity index (χ1) is 4.18. The second-order valence-electron chi connectivity index (χ2n) is 1.43. The fraction of sp³-hybridized carbons (Fsp3) is 0.667. The molecule has 0 aromatic carbocycles. The van der Waals surface area contributed by atoms with Gasteiger partial charge in [0.25, 0.3) is 0 Å². The second kappa shape index (κ2) is 10.0. The summed E-state index contributed by atoms with van der Waals surface area (Å²) in [7, 11) is 0. The standard InChI is InChI=1S/C4H7NO.C2H3N/c1-4(6)2-3-5;1-2-3/h4,6H,2H2,1H3;1H3. The molecule has 0 aliphatic rings. The second-order valence-corrected chi connectivity index (χ2v) is 1.43. The first-order valence-electron chi connectivity index (χ1n) is 2.54. The lowest BCUT2D eigenvalue weighted by Gasteiger charge is -1.88. The van der Waals surface area contributed by atoms with Gasteiger partial charge in [-0.25, -0.2) is 0 Å². The molecule has 3 heteroatoms. The lowest BCUT2D eigenvalue weighted by Crippen LogP contribution is -1.94. The van der Waals surface area contributed by atoms with Crippen LogP contribution in [0.15, 0.2) is 0 Å². The smallest absolute Gasteiger partial charge is 0.0648 e. The molecule has 0 heterocycles. The van der Waals surface area contributed by atoms with Crippen LogP contribution in [0.4, 0.5) is 0 Å². The van der Waals surface area contributed by atoms with Gasteiger partial charge < -0.3 is 5.11 Å². The van der Waals surface area contributed by atoms with Crippen molar-refractivity contribution < 1.29 is 5.11 Å². The normalized spacial score (nSPS) is 9.44. The fourth-order valence-corrected chi connectivity index (χ4v) is 0.132. The van der Waals surface area contributed by atoms with Crippen LogP contribution in [0.25, 0.3) is 0 Å². The third-order valence-electron chi connectivity index (χ3n) is 0.387. The summed E-state index contributed by atoms with van der Waals surface area (Å²) in [5, 5.41) is 23.5. The Morgan fingerprint density at radius 2 is 1.89 bits per heavy atom. The largest absolute Gasteiger partial charge is 0.392 e. The zero-order chi connectivity index (χ0) is 7.70. The first kappa shape index (κ1) is 10.8. The molecule has 1 unspecified atom stereocenters. The molecule has 50 valence electrons. The van der Waals surface area contributed by atoms with Crippen LogP contribution in [0.1, 0.15) is 20.3 Å². The third kappa shape index (κ3) is 45.0. The average Bonchev–Trinajstić information content (AvgIpc) is 1.67. The number of aliphatic hydroxyl groups is 1. The molecule has 3 nitrogen and oxygen atoms in total. The Morgan fingerprint density at radius 3 is 1.89 bits per heavy atom. The van der Waals surface area contributed by atoms with E-state index in [1.165, 1.54) is 6.92 Å². The van der Waals surface area contributed by atoms with Crippen molar-refractivity contribution in [2.75, 3.05) is 0 Å². The van der Waals surface area contributed by atoms with Gasteiger partial charge in [-0.1, -0.05) is 0 Å². The van der Waals surface area contributed by atoms with Crippen LogP contribution in [0.3, 0.4) is 0 Å². The van der Waals surface area contributed by atoms with Gasteiger partial charge >= 0.3 is 0 Å². The number of rotatable bonds is 1. The van der Waals surface area contributed by atoms with Gasteiger partial charge in [0.2, 0.25) is 0 Å². The van der Waals surface area contributed by atoms with Crippen molar-refractivity contribution in [3.05, 3.63) is 0 Å². The molecule has 0 aliphatic heterocycles. The maximum Gasteiger partial charge on any atom is 0.0648 e. The van der Waals surface area contributed by atoms with E-state index in [9.17, 15) is 0 Å². The molecule has 0 aromatic rings. The fourth-order valence-electron chi connectivity index (χ4n) is 0.132. The maximum atomic E-state index is 8.33. The summed E-state index contributed by atoms with van der Waals surface area (Å²) in [6, 6.07) is 3.57. The van der Waals surface area contributed by atoms with Crippen LogP contribution in [-0.2, 0) is 0 Å². The number of hydrogen-bond donors (Lipinski definition) is 1. The van der Waals surface area contributed by atoms with Crippen LogP contribution in [0.5, 0.6) is 0 Å². The van der Waals surface area contributed by atoms with Crippen molar-refractivity contribution in [3.8, 4) is 12.1 Å². The highest BCUT2D eigenvalue weighted by atomic mass is 16.3. The van der Waals surface area contributed by atoms with Crippen LogP contribution >= 0.6 is 0 Å². The molecular weight excluding hydrogens is 116 g/mol. The zero-order valence-electron chi connectivity index (χ0n) is 5.63. The van der Waals surface area contributed by atoms with E-state index in [4.69, 9.17) is 15.6 Å². The van der Waals surface area contributed by atoms with Crippen LogP contribution < -0.4 is 0 Å². The van der Waals surface area contributed by atoms with Crippen LogP contribution in [0, 0.1) is 22.7 Å². The molecule has 0 radical (unpaired) electrons. The molecule has 0 bridgehead atoms. The van der Waals surface area contributed by atoms with Crippen molar-refractivity contribution in [2.24, 2.45) is 0 Å². The highest BCUT2D eigenvalue weighted by molar-refractivity contribution is 4.71. The van der Waals surface area contributed by atoms with Crippen molar-refractivity contribution in [1.29, 1.82) is 10.5 Å². The molecule has 0 aliphatic carbocycles. The number of nitriles is 2. The van der Waals surface area contributed by atoms with E-state index in [0.717, 1.165) is 0 Å². The lowest BCUT2D eigenvalue weighted by molar-refractivity contribution is 0.200. The molecule has 0 saturated carbocycles. The summed E-state index contributed by atoms with van der Waals surface area (Å²) in [5.41, 5.74) is 0. The highest BCUT2D eigenvalue weighted by Crippen LogP contribution is 1.82. The van der Waals surface area contributed by atoms with Gasteiger partial charge in [0.15, 0.2) is 0 Å². The van der Waals surface area contributed by atoms with Gasteiger partial charge in [-0.3, -0.25) is 0 Å². The van der Waals surface area contributed by atoms with Crippen molar-refractivity contribution in [2.45, 2.75) is 26.4 Å². The summed E-state index contributed by atoms with van der Waals surface area (Å²) in [6.45, 7) is 3.02. The van der Waals surface area contributed by atoms with Crippen molar-refractivity contribution >= 4 is 0 Å². The first-order valence-corrected chi connectivity index (χ1v) is 2.54. The number of hydrogen-bond acceptors (Lipinski definition) is 3. The minimum absolute atomic E-state index is 0.236. The van der Waals surface area contributed by atoms with E-state index < -0.39 is 6.10 Å². The minimum Gasteiger partial charge on any atom is -0.392 e. The van der Waals surface area contributed by atoms with Crippen LogP contribution in [0.2, 0.25) is 0 Å². The van der Waals surface area contributed by atoms with E-state index in [-0.39, 0.29) is 6.42 Å². The quantitative estimate of drug-likeness (QED) is 0.565. The Balaban J connectivity index is 0. The van der Waals surface area contributed by atoms with Crippen LogP contribution in [-0.4, -0.2) is 11.2 Å². The van der Waals surface area contributed by atoms with E-state index in [1.54, 1.807) is 13.0 Å². The summed E-state index contributed by atoms with van der Waals surface area (Å²) in [6.07, 6.45) is -0.227. The topological polar surface area (TPSA) is 67.8 Å². The Morgan fingerprint density at radius 1 is 1.56 bits per heavy atom. The maximum absolute atomic E-state index is 8.33. The summed E-state index contributed by atoms with van der Waals surface area (Å²) < 4.78 is 0. The third-order valence-corrected chi connectivity index (χ3v) is 0.387. The average molecular weight is 126 g/mol. The monoisotopic (exact) mass is 126 g/mol. The van der Waals surface area contributed by atoms with E-state index >= 15 is 0 Å². The predicted molar refractivity (Wildman–Crippen MR) is 33.2 cm³/mol. The van der Waals surface area contributed by atoms with E-state index in [1.807, 2.05) is 6.07 Å². The van der Waals surface area contributed by atoms with Gasteiger partial charge in [0, 0.05) is 6.92 Å². The van der Waals surface area contributed by atoms with Gasteiger partial charge in [-0.2, -0.15) is 10.5 Å². The van der Waals surface area contributed by atoms with Gasteiger partial charge in [-0.15, -0.1) is 0 Å². The molecule has 0 rings (SSSR count). The van der Waals surface area contributed by atoms with Crippen molar-refractivity contribution in [1.82, 2.24) is 0 Å². The Hall–Kier alpha value is -1.06. The highest BCUT2D eigenvalue weighted by Gasteiger charge is 1.87. The molecule has 1 N–H and O–H groups in total. The zero-order valence-corrected chi connectivity index (χ0v) is 5.63. The molecule has 0 saturated heterocycles. The molecule has 9 heavy (non-hydrogen) atoms. The van der Waals surface area contributed by atoms with Gasteiger partial charge in [0.1, 0.15) is 0 Å². The molecule has 0 fully saturated rings. The Labute approximate surface area is 55.1 Å². The molecule has 1 atom stereocenters. The summed E-state index contributed by atoms with van der Waals surface area (Å²) in [4.78, 5) is 0. The molecule has 0 amide bonds. The minimum atomic E-state index is -0.463. The summed E-state index contributed by atoms with van der Waals surface area (Å²) >= 11 is 0. The van der Waals surface area contributed by atoms with Crippen molar-refractivity contribution in [3.63, 3.8) is 0 Å². The molecule has 0 aromatic heterocycles. The number of aliphatic hydroxyl groups excluding tert-OH is 1. The molecular formula is C6H10N2O. The Kier molecular flexibility index (Phi) is 12.1. The number of nitrogens with zero attached hydrogens (tertiary/aromatic N) is 2. The summed E-state index contributed by atoms with van der Waals surface area (Å²) in [5.74, 6) is 0. The predicted octanol–water partition coefficient (Wildman–Crippen LogP) is 0.811. The van der Waals surface area contributed by atoms with E-state index in [2.05, 4.69) is 0 Å². The SMILES string of the molecule is CC#N.CC(O)CC#N. The lowest BCUT2D eigenvalue weighted by atomic mass is 10.3. The van der Waals surface area contributed by atoms with Gasteiger partial charge in [-0.05, 0) is 6.92 Å².